The molecule has 0 aliphatic rings. The zero-order chi connectivity index (χ0) is 9.97. The van der Waals surface area contributed by atoms with E-state index in [1.54, 1.807) is 6.08 Å². The van der Waals surface area contributed by atoms with Crippen molar-refractivity contribution >= 4 is 6.08 Å². The van der Waals surface area contributed by atoms with Crippen molar-refractivity contribution in [3.05, 3.63) is 48.7 Å². The van der Waals surface area contributed by atoms with E-state index in [4.69, 9.17) is 0 Å². The van der Waals surface area contributed by atoms with Gasteiger partial charge in [0.1, 0.15) is 0 Å². The zero-order valence-electron chi connectivity index (χ0n) is 8.14. The monoisotopic (exact) mass is 184 g/mol. The summed E-state index contributed by atoms with van der Waals surface area (Å²) in [5.41, 5.74) is 3.16. The molecule has 0 N–H and O–H groups in total. The van der Waals surface area contributed by atoms with Crippen LogP contribution in [0.2, 0.25) is 0 Å². The SMILES string of the molecule is C=Cc1cc(-c2ccccc2)nn1C. The Balaban J connectivity index is 2.48. The lowest BCUT2D eigenvalue weighted by Gasteiger charge is -1.93. The fraction of sp³-hybridized carbons (Fsp3) is 0.0833. The largest absolute Gasteiger partial charge is 0.268 e. The van der Waals surface area contributed by atoms with Crippen LogP contribution in [-0.4, -0.2) is 9.78 Å². The first-order valence-electron chi connectivity index (χ1n) is 4.53. The van der Waals surface area contributed by atoms with Gasteiger partial charge in [-0.3, -0.25) is 4.68 Å². The minimum atomic E-state index is 0.989. The van der Waals surface area contributed by atoms with Crippen LogP contribution in [0.3, 0.4) is 0 Å². The maximum atomic E-state index is 4.40. The Morgan fingerprint density at radius 3 is 2.57 bits per heavy atom. The number of hydrogen-bond acceptors (Lipinski definition) is 1. The molecule has 0 aliphatic carbocycles. The van der Waals surface area contributed by atoms with Gasteiger partial charge in [0, 0.05) is 12.6 Å². The molecule has 0 saturated heterocycles. The Kier molecular flexibility index (Phi) is 2.19. The summed E-state index contributed by atoms with van der Waals surface area (Å²) in [6, 6.07) is 12.2. The van der Waals surface area contributed by atoms with Crippen LogP contribution >= 0.6 is 0 Å². The number of benzene rings is 1. The number of hydrogen-bond donors (Lipinski definition) is 0. The second-order valence-corrected chi connectivity index (χ2v) is 3.15. The van der Waals surface area contributed by atoms with Crippen molar-refractivity contribution in [2.24, 2.45) is 7.05 Å². The third kappa shape index (κ3) is 1.46. The smallest absolute Gasteiger partial charge is 0.0929 e. The van der Waals surface area contributed by atoms with Crippen LogP contribution in [0.1, 0.15) is 5.69 Å². The van der Waals surface area contributed by atoms with Crippen molar-refractivity contribution in [3.8, 4) is 11.3 Å². The highest BCUT2D eigenvalue weighted by molar-refractivity contribution is 5.62. The maximum Gasteiger partial charge on any atom is 0.0929 e. The van der Waals surface area contributed by atoms with Crippen LogP contribution in [0.25, 0.3) is 17.3 Å². The van der Waals surface area contributed by atoms with E-state index in [2.05, 4.69) is 23.8 Å². The van der Waals surface area contributed by atoms with Gasteiger partial charge in [-0.2, -0.15) is 5.10 Å². The molecular weight excluding hydrogens is 172 g/mol. The van der Waals surface area contributed by atoms with Crippen molar-refractivity contribution in [1.82, 2.24) is 9.78 Å². The normalized spacial score (nSPS) is 10.1. The van der Waals surface area contributed by atoms with Crippen LogP contribution in [0.15, 0.2) is 43.0 Å². The molecule has 1 heterocycles. The average molecular weight is 184 g/mol. The van der Waals surface area contributed by atoms with Gasteiger partial charge in [-0.05, 0) is 12.1 Å². The van der Waals surface area contributed by atoms with Gasteiger partial charge in [0.25, 0.3) is 0 Å². The van der Waals surface area contributed by atoms with E-state index < -0.39 is 0 Å². The van der Waals surface area contributed by atoms with E-state index in [1.165, 1.54) is 0 Å². The van der Waals surface area contributed by atoms with Crippen LogP contribution in [0, 0.1) is 0 Å². The number of rotatable bonds is 2. The summed E-state index contributed by atoms with van der Waals surface area (Å²) in [6.07, 6.45) is 1.80. The Bertz CT molecular complexity index is 441. The van der Waals surface area contributed by atoms with Crippen molar-refractivity contribution < 1.29 is 0 Å². The Morgan fingerprint density at radius 1 is 1.29 bits per heavy atom. The Morgan fingerprint density at radius 2 is 2.00 bits per heavy atom. The lowest BCUT2D eigenvalue weighted by Crippen LogP contribution is -1.92. The van der Waals surface area contributed by atoms with Gasteiger partial charge >= 0.3 is 0 Å². The standard InChI is InChI=1S/C12H12N2/c1-3-11-9-12(13-14(11)2)10-7-5-4-6-8-10/h3-9H,1H2,2H3. The molecule has 0 fully saturated rings. The van der Waals surface area contributed by atoms with Crippen LogP contribution in [0.4, 0.5) is 0 Å². The lowest BCUT2D eigenvalue weighted by molar-refractivity contribution is 0.763. The highest BCUT2D eigenvalue weighted by atomic mass is 15.3. The molecule has 0 spiro atoms. The third-order valence-corrected chi connectivity index (χ3v) is 2.19. The molecule has 70 valence electrons. The summed E-state index contributed by atoms with van der Waals surface area (Å²) in [5.74, 6) is 0. The van der Waals surface area contributed by atoms with E-state index in [9.17, 15) is 0 Å². The van der Waals surface area contributed by atoms with Crippen molar-refractivity contribution in [2.45, 2.75) is 0 Å². The molecule has 1 aromatic heterocycles. The highest BCUT2D eigenvalue weighted by Gasteiger charge is 2.03. The zero-order valence-corrected chi connectivity index (χ0v) is 8.14. The number of nitrogens with zero attached hydrogens (tertiary/aromatic N) is 2. The van der Waals surface area contributed by atoms with Gasteiger partial charge in [0.2, 0.25) is 0 Å². The first kappa shape index (κ1) is 8.75. The van der Waals surface area contributed by atoms with Crippen LogP contribution in [-0.2, 0) is 7.05 Å². The van der Waals surface area contributed by atoms with Crippen LogP contribution in [0.5, 0.6) is 0 Å². The highest BCUT2D eigenvalue weighted by Crippen LogP contribution is 2.18. The predicted molar refractivity (Wildman–Crippen MR) is 58.7 cm³/mol. The fourth-order valence-corrected chi connectivity index (χ4v) is 1.42. The summed E-state index contributed by atoms with van der Waals surface area (Å²) in [5, 5.41) is 4.40. The summed E-state index contributed by atoms with van der Waals surface area (Å²) in [6.45, 7) is 3.74. The molecule has 0 atom stereocenters. The Hall–Kier alpha value is -1.83. The molecule has 2 rings (SSSR count). The molecule has 2 heteroatoms. The minimum Gasteiger partial charge on any atom is -0.268 e. The van der Waals surface area contributed by atoms with Crippen molar-refractivity contribution in [3.63, 3.8) is 0 Å². The van der Waals surface area contributed by atoms with Crippen LogP contribution < -0.4 is 0 Å². The third-order valence-electron chi connectivity index (χ3n) is 2.19. The fourth-order valence-electron chi connectivity index (χ4n) is 1.42. The average Bonchev–Trinajstić information content (AvgIpc) is 2.61. The van der Waals surface area contributed by atoms with E-state index in [-0.39, 0.29) is 0 Å². The first-order valence-corrected chi connectivity index (χ1v) is 4.53. The predicted octanol–water partition coefficient (Wildman–Crippen LogP) is 2.73. The second-order valence-electron chi connectivity index (χ2n) is 3.15. The van der Waals surface area contributed by atoms with Gasteiger partial charge in [-0.15, -0.1) is 0 Å². The van der Waals surface area contributed by atoms with Gasteiger partial charge in [-0.25, -0.2) is 0 Å². The molecule has 2 aromatic rings. The second kappa shape index (κ2) is 3.50. The van der Waals surface area contributed by atoms with Crippen molar-refractivity contribution in [1.29, 1.82) is 0 Å². The number of aromatic nitrogens is 2. The van der Waals surface area contributed by atoms with Gasteiger partial charge in [-0.1, -0.05) is 36.9 Å². The molecule has 0 amide bonds. The summed E-state index contributed by atoms with van der Waals surface area (Å²) in [4.78, 5) is 0. The molecule has 0 aliphatic heterocycles. The maximum absolute atomic E-state index is 4.40. The molecule has 0 radical (unpaired) electrons. The molecule has 2 nitrogen and oxygen atoms in total. The molecule has 0 saturated carbocycles. The minimum absolute atomic E-state index is 0.989. The van der Waals surface area contributed by atoms with Gasteiger partial charge in [0.05, 0.1) is 11.4 Å². The molecular formula is C12H12N2. The molecule has 0 bridgehead atoms. The van der Waals surface area contributed by atoms with E-state index >= 15 is 0 Å². The van der Waals surface area contributed by atoms with E-state index in [0.717, 1.165) is 17.0 Å². The summed E-state index contributed by atoms with van der Waals surface area (Å²) < 4.78 is 1.83. The Labute approximate surface area is 83.5 Å². The van der Waals surface area contributed by atoms with E-state index in [1.807, 2.05) is 36.0 Å². The quantitative estimate of drug-likeness (QED) is 0.701. The molecule has 1 aromatic carbocycles. The van der Waals surface area contributed by atoms with Gasteiger partial charge in [0.15, 0.2) is 0 Å². The summed E-state index contributed by atoms with van der Waals surface area (Å²) in [7, 11) is 1.92. The first-order chi connectivity index (χ1) is 6.81. The molecule has 14 heavy (non-hydrogen) atoms. The van der Waals surface area contributed by atoms with Gasteiger partial charge < -0.3 is 0 Å². The topological polar surface area (TPSA) is 17.8 Å². The van der Waals surface area contributed by atoms with E-state index in [0.29, 0.717) is 0 Å². The van der Waals surface area contributed by atoms with Crippen molar-refractivity contribution in [2.75, 3.05) is 0 Å². The summed E-state index contributed by atoms with van der Waals surface area (Å²) >= 11 is 0. The number of aryl methyl sites for hydroxylation is 1. The lowest BCUT2D eigenvalue weighted by atomic mass is 10.1. The molecule has 0 unspecified atom stereocenters.